The van der Waals surface area contributed by atoms with Crippen LogP contribution in [0.25, 0.3) is 63.8 Å². The lowest BCUT2D eigenvalue weighted by Gasteiger charge is -2.25. The summed E-state index contributed by atoms with van der Waals surface area (Å²) in [6.45, 7) is 23.7. The smallest absolute Gasteiger partial charge is 0.114 e. The standard InChI is InChI=1S/C41H44N4S4/c1-11-22-20(4)23-14-25(29-16-27-37(46-29)38-28(41(27,9)10)17-30(47-38)40(7,8)18-21-13-19(21)3)33-35(44-48-42-33)31(23)32-24(22)15-26(39(5,6)12-2)34-36(32)45-49-43-34/h14-17,19,21H,11-13,18H2,1-10H3/t19?,21-/m1/s1. The quantitative estimate of drug-likeness (QED) is 0.154. The number of thiophene rings is 2. The van der Waals surface area contributed by atoms with Gasteiger partial charge in [0.25, 0.3) is 0 Å². The minimum Gasteiger partial charge on any atom is -0.173 e. The van der Waals surface area contributed by atoms with Crippen LogP contribution in [0.5, 0.6) is 0 Å². The fourth-order valence-electron chi connectivity index (χ4n) is 8.74. The van der Waals surface area contributed by atoms with E-state index >= 15 is 0 Å². The van der Waals surface area contributed by atoms with Crippen LogP contribution in [0.2, 0.25) is 0 Å². The van der Waals surface area contributed by atoms with Crippen molar-refractivity contribution >= 4 is 89.7 Å². The van der Waals surface area contributed by atoms with Crippen LogP contribution < -0.4 is 0 Å². The van der Waals surface area contributed by atoms with E-state index in [0.29, 0.717) is 0 Å². The van der Waals surface area contributed by atoms with Gasteiger partial charge in [0.2, 0.25) is 0 Å². The van der Waals surface area contributed by atoms with Gasteiger partial charge in [-0.3, -0.25) is 0 Å². The van der Waals surface area contributed by atoms with Crippen molar-refractivity contribution in [3.8, 4) is 20.2 Å². The van der Waals surface area contributed by atoms with E-state index < -0.39 is 0 Å². The summed E-state index contributed by atoms with van der Waals surface area (Å²) in [7, 11) is 0. The zero-order valence-electron chi connectivity index (χ0n) is 30.2. The molecule has 4 aromatic heterocycles. The van der Waals surface area contributed by atoms with Gasteiger partial charge in [-0.25, -0.2) is 0 Å². The second-order valence-corrected chi connectivity index (χ2v) is 19.9. The maximum absolute atomic E-state index is 5.04. The Balaban J connectivity index is 1.27. The fraction of sp³-hybridized carbons (Fsp3) is 0.463. The van der Waals surface area contributed by atoms with E-state index in [1.165, 1.54) is 106 Å². The molecule has 49 heavy (non-hydrogen) atoms. The molecular formula is C41H44N4S4. The van der Waals surface area contributed by atoms with Crippen molar-refractivity contribution in [1.29, 1.82) is 0 Å². The number of nitrogens with zero attached hydrogens (tertiary/aromatic N) is 4. The molecule has 0 radical (unpaired) electrons. The number of rotatable bonds is 7. The summed E-state index contributed by atoms with van der Waals surface area (Å²) in [4.78, 5) is 5.77. The lowest BCUT2D eigenvalue weighted by Crippen LogP contribution is -2.18. The molecule has 0 spiro atoms. The lowest BCUT2D eigenvalue weighted by molar-refractivity contribution is 0.443. The highest BCUT2D eigenvalue weighted by Gasteiger charge is 2.43. The largest absolute Gasteiger partial charge is 0.173 e. The van der Waals surface area contributed by atoms with Crippen LogP contribution in [0.15, 0.2) is 24.3 Å². The van der Waals surface area contributed by atoms with Crippen LogP contribution in [0.1, 0.15) is 114 Å². The Morgan fingerprint density at radius 2 is 1.39 bits per heavy atom. The molecular weight excluding hydrogens is 677 g/mol. The summed E-state index contributed by atoms with van der Waals surface area (Å²) in [5.74, 6) is 1.77. The van der Waals surface area contributed by atoms with E-state index in [9.17, 15) is 0 Å². The molecule has 2 aliphatic rings. The van der Waals surface area contributed by atoms with E-state index in [1.807, 2.05) is 22.7 Å². The van der Waals surface area contributed by atoms with Crippen molar-refractivity contribution in [2.75, 3.05) is 0 Å². The molecule has 1 saturated carbocycles. The van der Waals surface area contributed by atoms with Gasteiger partial charge in [-0.2, -0.15) is 17.5 Å². The first-order valence-corrected chi connectivity index (χ1v) is 21.0. The van der Waals surface area contributed by atoms with Crippen molar-refractivity contribution in [2.45, 2.75) is 111 Å². The van der Waals surface area contributed by atoms with E-state index in [2.05, 4.69) is 93.5 Å². The third-order valence-corrected chi connectivity index (χ3v) is 16.4. The summed E-state index contributed by atoms with van der Waals surface area (Å²) in [6.07, 6.45) is 4.67. The average molecular weight is 721 g/mol. The van der Waals surface area contributed by atoms with Crippen molar-refractivity contribution in [1.82, 2.24) is 17.5 Å². The Hall–Kier alpha value is -2.78. The average Bonchev–Trinajstić information content (AvgIpc) is 3.71. The van der Waals surface area contributed by atoms with Gasteiger partial charge < -0.3 is 0 Å². The Labute approximate surface area is 305 Å². The second kappa shape index (κ2) is 10.6. The molecule has 0 N–H and O–H groups in total. The van der Waals surface area contributed by atoms with Crippen molar-refractivity contribution in [3.63, 3.8) is 0 Å². The highest BCUT2D eigenvalue weighted by Crippen LogP contribution is 2.59. The Morgan fingerprint density at radius 3 is 2.06 bits per heavy atom. The first-order chi connectivity index (χ1) is 23.3. The van der Waals surface area contributed by atoms with Crippen LogP contribution in [0, 0.1) is 18.8 Å². The van der Waals surface area contributed by atoms with Crippen LogP contribution in [-0.2, 0) is 22.7 Å². The summed E-state index contributed by atoms with van der Waals surface area (Å²) in [5.41, 5.74) is 12.4. The minimum absolute atomic E-state index is 0.000479. The number of benzene rings is 3. The molecule has 4 nitrogen and oxygen atoms in total. The van der Waals surface area contributed by atoms with Gasteiger partial charge in [0.05, 0.1) is 23.5 Å². The highest BCUT2D eigenvalue weighted by atomic mass is 32.1. The first kappa shape index (κ1) is 32.1. The van der Waals surface area contributed by atoms with Crippen LogP contribution in [0.3, 0.4) is 0 Å². The monoisotopic (exact) mass is 720 g/mol. The molecule has 0 saturated heterocycles. The molecule has 0 aliphatic heterocycles. The normalized spacial score (nSPS) is 18.7. The van der Waals surface area contributed by atoms with Crippen LogP contribution in [0.4, 0.5) is 0 Å². The molecule has 4 heterocycles. The molecule has 7 aromatic rings. The van der Waals surface area contributed by atoms with E-state index in [4.69, 9.17) is 17.5 Å². The van der Waals surface area contributed by atoms with Gasteiger partial charge >= 0.3 is 0 Å². The number of hydrogen-bond donors (Lipinski definition) is 0. The van der Waals surface area contributed by atoms with E-state index in [1.54, 1.807) is 4.88 Å². The van der Waals surface area contributed by atoms with Crippen molar-refractivity contribution < 1.29 is 0 Å². The van der Waals surface area contributed by atoms with Gasteiger partial charge in [-0.05, 0) is 118 Å². The molecule has 1 unspecified atom stereocenters. The molecule has 9 rings (SSSR count). The van der Waals surface area contributed by atoms with E-state index in [0.717, 1.165) is 46.7 Å². The summed E-state index contributed by atoms with van der Waals surface area (Å²) in [5, 5.41) is 4.93. The molecule has 0 bridgehead atoms. The number of aromatic nitrogens is 4. The second-order valence-electron chi connectivity index (χ2n) is 16.7. The lowest BCUT2D eigenvalue weighted by atomic mass is 9.78. The highest BCUT2D eigenvalue weighted by molar-refractivity contribution is 7.24. The molecule has 0 amide bonds. The molecule has 2 aliphatic carbocycles. The number of fused-ring (bicyclic) bond motifs is 10. The molecule has 1 fully saturated rings. The SMILES string of the molecule is CCc1c(C)c2cc(-c3cc4c(s3)-c3sc(C(C)(C)C[C@H]5CC5C)cc3C4(C)C)c3nsnc3c2c2c1cc(C(C)(C)CC)c1nsnc12. The van der Waals surface area contributed by atoms with Gasteiger partial charge in [-0.15, -0.1) is 22.7 Å². The van der Waals surface area contributed by atoms with Crippen LogP contribution in [-0.4, -0.2) is 17.5 Å². The summed E-state index contributed by atoms with van der Waals surface area (Å²) in [6, 6.07) is 9.89. The number of aryl methyl sites for hydroxylation is 2. The zero-order chi connectivity index (χ0) is 34.4. The third kappa shape index (κ3) is 4.49. The van der Waals surface area contributed by atoms with E-state index in [-0.39, 0.29) is 16.2 Å². The summed E-state index contributed by atoms with van der Waals surface area (Å²) < 4.78 is 19.9. The predicted octanol–water partition coefficient (Wildman–Crippen LogP) is 13.0. The van der Waals surface area contributed by atoms with Crippen molar-refractivity contribution in [3.05, 3.63) is 57.0 Å². The van der Waals surface area contributed by atoms with Gasteiger partial charge in [0, 0.05) is 41.3 Å². The molecule has 2 atom stereocenters. The van der Waals surface area contributed by atoms with Gasteiger partial charge in [-0.1, -0.05) is 62.3 Å². The number of hydrogen-bond acceptors (Lipinski definition) is 8. The Bertz CT molecular complexity index is 2500. The molecule has 3 aromatic carbocycles. The zero-order valence-corrected chi connectivity index (χ0v) is 33.5. The molecule has 252 valence electrons. The van der Waals surface area contributed by atoms with Gasteiger partial charge in [0.15, 0.2) is 0 Å². The maximum Gasteiger partial charge on any atom is 0.114 e. The Morgan fingerprint density at radius 1 is 0.776 bits per heavy atom. The third-order valence-electron chi connectivity index (χ3n) is 12.5. The minimum atomic E-state index is -0.0257. The topological polar surface area (TPSA) is 51.6 Å². The first-order valence-electron chi connectivity index (χ1n) is 17.9. The maximum atomic E-state index is 5.04. The predicted molar refractivity (Wildman–Crippen MR) is 214 cm³/mol. The summed E-state index contributed by atoms with van der Waals surface area (Å²) >= 11 is 6.66. The van der Waals surface area contributed by atoms with Crippen LogP contribution >= 0.6 is 46.1 Å². The van der Waals surface area contributed by atoms with Crippen molar-refractivity contribution in [2.24, 2.45) is 11.8 Å². The fourth-order valence-corrected chi connectivity index (χ4v) is 12.8. The Kier molecular flexibility index (Phi) is 6.97. The molecule has 8 heteroatoms. The van der Waals surface area contributed by atoms with Gasteiger partial charge in [0.1, 0.15) is 22.1 Å².